The van der Waals surface area contributed by atoms with Crippen molar-refractivity contribution in [2.75, 3.05) is 20.6 Å². The summed E-state index contributed by atoms with van der Waals surface area (Å²) in [5.41, 5.74) is 2.23. The zero-order valence-corrected chi connectivity index (χ0v) is 13.2. The van der Waals surface area contributed by atoms with Crippen molar-refractivity contribution in [1.29, 1.82) is 0 Å². The number of rotatable bonds is 5. The second kappa shape index (κ2) is 6.20. The van der Waals surface area contributed by atoms with Gasteiger partial charge in [-0.05, 0) is 50.3 Å². The van der Waals surface area contributed by atoms with Gasteiger partial charge in [-0.15, -0.1) is 0 Å². The summed E-state index contributed by atoms with van der Waals surface area (Å²) in [5, 5.41) is 0. The molecule has 20 heavy (non-hydrogen) atoms. The molecule has 1 atom stereocenters. The van der Waals surface area contributed by atoms with Crippen LogP contribution >= 0.6 is 0 Å². The summed E-state index contributed by atoms with van der Waals surface area (Å²) in [6.45, 7) is 2.61. The molecular weight excluding hydrogens is 274 g/mol. The van der Waals surface area contributed by atoms with Gasteiger partial charge in [0, 0.05) is 38.6 Å². The van der Waals surface area contributed by atoms with Crippen molar-refractivity contribution in [1.82, 2.24) is 13.6 Å². The molecule has 1 aromatic heterocycles. The molecule has 0 bridgehead atoms. The van der Waals surface area contributed by atoms with Crippen LogP contribution in [-0.2, 0) is 16.6 Å². The topological polar surface area (TPSA) is 53.5 Å². The molecule has 1 saturated heterocycles. The molecule has 0 spiro atoms. The lowest BCUT2D eigenvalue weighted by Crippen LogP contribution is -2.42. The molecule has 0 unspecified atom stereocenters. The van der Waals surface area contributed by atoms with E-state index in [1.165, 1.54) is 9.87 Å². The van der Waals surface area contributed by atoms with Crippen LogP contribution in [0.5, 0.6) is 0 Å². The molecular formula is C14H23N3O2S. The summed E-state index contributed by atoms with van der Waals surface area (Å²) in [4.78, 5) is 4.18. The largest absolute Gasteiger partial charge is 0.281 e. The van der Waals surface area contributed by atoms with E-state index >= 15 is 0 Å². The third-order valence-electron chi connectivity index (χ3n) is 3.81. The number of pyridine rings is 1. The van der Waals surface area contributed by atoms with Gasteiger partial charge in [0.25, 0.3) is 10.2 Å². The third-order valence-corrected chi connectivity index (χ3v) is 5.80. The summed E-state index contributed by atoms with van der Waals surface area (Å²) in [7, 11) is -0.0956. The number of hydrogen-bond acceptors (Lipinski definition) is 3. The fourth-order valence-electron chi connectivity index (χ4n) is 2.70. The molecule has 0 aromatic carbocycles. The lowest BCUT2D eigenvalue weighted by atomic mass is 10.0. The maximum atomic E-state index is 12.3. The van der Waals surface area contributed by atoms with E-state index in [-0.39, 0.29) is 6.04 Å². The molecule has 0 amide bonds. The highest BCUT2D eigenvalue weighted by atomic mass is 32.2. The highest BCUT2D eigenvalue weighted by Gasteiger charge is 2.34. The van der Waals surface area contributed by atoms with E-state index in [1.54, 1.807) is 18.4 Å². The molecule has 0 saturated carbocycles. The third kappa shape index (κ3) is 3.37. The summed E-state index contributed by atoms with van der Waals surface area (Å²) in [6, 6.07) is 4.20. The number of hydrogen-bond donors (Lipinski definition) is 0. The van der Waals surface area contributed by atoms with Crippen molar-refractivity contribution >= 4 is 10.2 Å². The summed E-state index contributed by atoms with van der Waals surface area (Å²) < 4.78 is 27.5. The maximum Gasteiger partial charge on any atom is 0.281 e. The Bertz CT molecular complexity index is 557. The predicted octanol–water partition coefficient (Wildman–Crippen LogP) is 1.59. The highest BCUT2D eigenvalue weighted by molar-refractivity contribution is 7.86. The van der Waals surface area contributed by atoms with E-state index in [0.29, 0.717) is 6.54 Å². The van der Waals surface area contributed by atoms with E-state index in [2.05, 4.69) is 11.1 Å². The molecule has 2 rings (SSSR count). The van der Waals surface area contributed by atoms with Crippen LogP contribution in [0, 0.1) is 6.92 Å². The normalized spacial score (nSPS) is 20.7. The van der Waals surface area contributed by atoms with Gasteiger partial charge in [-0.2, -0.15) is 17.0 Å². The van der Waals surface area contributed by atoms with Crippen molar-refractivity contribution < 1.29 is 8.42 Å². The van der Waals surface area contributed by atoms with Crippen LogP contribution in [0.4, 0.5) is 0 Å². The standard InChI is InChI=1S/C14H23N3O2S/c1-12-11-13(8-9-15-12)6-7-14-5-4-10-17(14)20(18,19)16(2)3/h8-9,11,14H,4-7,10H2,1-3H3/t14-/m1/s1. The Hall–Kier alpha value is -0.980. The van der Waals surface area contributed by atoms with E-state index < -0.39 is 10.2 Å². The Labute approximate surface area is 121 Å². The quantitative estimate of drug-likeness (QED) is 0.829. The van der Waals surface area contributed by atoms with Crippen LogP contribution in [0.2, 0.25) is 0 Å². The first-order valence-corrected chi connectivity index (χ1v) is 8.42. The molecule has 0 radical (unpaired) electrons. The first kappa shape index (κ1) is 15.4. The van der Waals surface area contributed by atoms with Gasteiger partial charge in [-0.3, -0.25) is 4.98 Å². The second-order valence-electron chi connectivity index (χ2n) is 5.54. The summed E-state index contributed by atoms with van der Waals surface area (Å²) in [6.07, 6.45) is 5.49. The van der Waals surface area contributed by atoms with Crippen LogP contribution < -0.4 is 0 Å². The average molecular weight is 297 g/mol. The van der Waals surface area contributed by atoms with Gasteiger partial charge in [0.05, 0.1) is 0 Å². The SMILES string of the molecule is Cc1cc(CC[C@H]2CCCN2S(=O)(=O)N(C)C)ccn1. The van der Waals surface area contributed by atoms with E-state index in [1.807, 2.05) is 19.2 Å². The molecule has 1 fully saturated rings. The van der Waals surface area contributed by atoms with Crippen LogP contribution in [0.3, 0.4) is 0 Å². The van der Waals surface area contributed by atoms with Crippen LogP contribution in [0.25, 0.3) is 0 Å². The van der Waals surface area contributed by atoms with Gasteiger partial charge in [-0.25, -0.2) is 0 Å². The van der Waals surface area contributed by atoms with Crippen molar-refractivity contribution in [3.05, 3.63) is 29.6 Å². The fraction of sp³-hybridized carbons (Fsp3) is 0.643. The lowest BCUT2D eigenvalue weighted by molar-refractivity contribution is 0.343. The van der Waals surface area contributed by atoms with Gasteiger partial charge < -0.3 is 0 Å². The Balaban J connectivity index is 2.02. The first-order valence-electron chi connectivity index (χ1n) is 7.02. The predicted molar refractivity (Wildman–Crippen MR) is 79.6 cm³/mol. The summed E-state index contributed by atoms with van der Waals surface area (Å²) in [5.74, 6) is 0. The minimum atomic E-state index is -3.28. The van der Waals surface area contributed by atoms with Gasteiger partial charge in [0.15, 0.2) is 0 Å². The Morgan fingerprint density at radius 2 is 2.20 bits per heavy atom. The minimum absolute atomic E-state index is 0.121. The molecule has 0 N–H and O–H groups in total. The van der Waals surface area contributed by atoms with Crippen molar-refractivity contribution in [2.24, 2.45) is 0 Å². The van der Waals surface area contributed by atoms with Crippen LogP contribution in [-0.4, -0.2) is 48.7 Å². The van der Waals surface area contributed by atoms with Gasteiger partial charge >= 0.3 is 0 Å². The number of aryl methyl sites for hydroxylation is 2. The highest BCUT2D eigenvalue weighted by Crippen LogP contribution is 2.25. The average Bonchev–Trinajstić information content (AvgIpc) is 2.85. The zero-order valence-electron chi connectivity index (χ0n) is 12.4. The van der Waals surface area contributed by atoms with Crippen molar-refractivity contribution in [2.45, 2.75) is 38.6 Å². The molecule has 6 heteroatoms. The van der Waals surface area contributed by atoms with Gasteiger partial charge in [0.1, 0.15) is 0 Å². The zero-order chi connectivity index (χ0) is 14.8. The molecule has 1 aromatic rings. The van der Waals surface area contributed by atoms with E-state index in [9.17, 15) is 8.42 Å². The Morgan fingerprint density at radius 3 is 2.85 bits per heavy atom. The molecule has 5 nitrogen and oxygen atoms in total. The van der Waals surface area contributed by atoms with Gasteiger partial charge in [0.2, 0.25) is 0 Å². The lowest BCUT2D eigenvalue weighted by Gasteiger charge is -2.27. The Kier molecular flexibility index (Phi) is 4.78. The van der Waals surface area contributed by atoms with Crippen LogP contribution in [0.15, 0.2) is 18.3 Å². The Morgan fingerprint density at radius 1 is 1.45 bits per heavy atom. The molecule has 1 aliphatic heterocycles. The van der Waals surface area contributed by atoms with Crippen molar-refractivity contribution in [3.8, 4) is 0 Å². The summed E-state index contributed by atoms with van der Waals surface area (Å²) >= 11 is 0. The smallest absolute Gasteiger partial charge is 0.262 e. The van der Waals surface area contributed by atoms with E-state index in [4.69, 9.17) is 0 Å². The van der Waals surface area contributed by atoms with Crippen molar-refractivity contribution in [3.63, 3.8) is 0 Å². The molecule has 2 heterocycles. The molecule has 1 aliphatic rings. The first-order chi connectivity index (χ1) is 9.41. The number of aromatic nitrogens is 1. The minimum Gasteiger partial charge on any atom is -0.262 e. The second-order valence-corrected chi connectivity index (χ2v) is 7.64. The molecule has 0 aliphatic carbocycles. The molecule has 112 valence electrons. The fourth-order valence-corrected chi connectivity index (χ4v) is 4.07. The van der Waals surface area contributed by atoms with Crippen LogP contribution in [0.1, 0.15) is 30.5 Å². The maximum absolute atomic E-state index is 12.3. The van der Waals surface area contributed by atoms with E-state index in [0.717, 1.165) is 31.4 Å². The number of nitrogens with zero attached hydrogens (tertiary/aromatic N) is 3. The van der Waals surface area contributed by atoms with Gasteiger partial charge in [-0.1, -0.05) is 0 Å². The monoisotopic (exact) mass is 297 g/mol.